The molecule has 3 fully saturated rings. The summed E-state index contributed by atoms with van der Waals surface area (Å²) in [5.41, 5.74) is 1.42. The summed E-state index contributed by atoms with van der Waals surface area (Å²) in [6, 6.07) is 11.5. The number of hydrogen-bond donors (Lipinski definition) is 1. The summed E-state index contributed by atoms with van der Waals surface area (Å²) < 4.78 is 0. The Morgan fingerprint density at radius 2 is 1.93 bits per heavy atom. The fourth-order valence-electron chi connectivity index (χ4n) is 5.47. The van der Waals surface area contributed by atoms with Gasteiger partial charge in [0.2, 0.25) is 5.91 Å². The van der Waals surface area contributed by atoms with E-state index in [2.05, 4.69) is 52.4 Å². The standard InChI is InChI=1S/C24H37N3O/c1-19-10-12-27(13-11-19)24(28)9-5-8-23-22-14-21(15-25-23)17-26(18-22)16-20-6-3-2-4-7-20/h2-4,6-7,19,21-23,25H,5,8-18H2,1H3/t21?,22?,23-/m1/s1. The molecule has 4 nitrogen and oxygen atoms in total. The first-order chi connectivity index (χ1) is 13.7. The third kappa shape index (κ3) is 5.15. The Labute approximate surface area is 170 Å². The van der Waals surface area contributed by atoms with Crippen molar-refractivity contribution in [2.75, 3.05) is 32.7 Å². The molecule has 3 saturated heterocycles. The fourth-order valence-corrected chi connectivity index (χ4v) is 5.47. The van der Waals surface area contributed by atoms with Gasteiger partial charge in [0.05, 0.1) is 0 Å². The lowest BCUT2D eigenvalue weighted by atomic mass is 9.79. The monoisotopic (exact) mass is 383 g/mol. The number of nitrogens with zero attached hydrogens (tertiary/aromatic N) is 2. The van der Waals surface area contributed by atoms with Crippen molar-refractivity contribution in [3.05, 3.63) is 35.9 Å². The molecule has 3 aliphatic rings. The van der Waals surface area contributed by atoms with Crippen molar-refractivity contribution in [3.8, 4) is 0 Å². The number of fused-ring (bicyclic) bond motifs is 2. The van der Waals surface area contributed by atoms with Crippen molar-refractivity contribution >= 4 is 5.91 Å². The molecule has 1 aromatic rings. The third-order valence-electron chi connectivity index (χ3n) is 7.17. The fraction of sp³-hybridized carbons (Fsp3) is 0.708. The summed E-state index contributed by atoms with van der Waals surface area (Å²) >= 11 is 0. The molecular weight excluding hydrogens is 346 g/mol. The summed E-state index contributed by atoms with van der Waals surface area (Å²) in [6.45, 7) is 8.88. The van der Waals surface area contributed by atoms with Crippen molar-refractivity contribution in [3.63, 3.8) is 0 Å². The number of benzene rings is 1. The minimum atomic E-state index is 0.384. The van der Waals surface area contributed by atoms with Crippen LogP contribution in [0.4, 0.5) is 0 Å². The van der Waals surface area contributed by atoms with Crippen LogP contribution in [0.1, 0.15) is 51.0 Å². The molecule has 154 valence electrons. The van der Waals surface area contributed by atoms with Crippen LogP contribution in [-0.2, 0) is 11.3 Å². The van der Waals surface area contributed by atoms with Crippen LogP contribution >= 0.6 is 0 Å². The second kappa shape index (κ2) is 9.41. The van der Waals surface area contributed by atoms with Gasteiger partial charge in [-0.25, -0.2) is 0 Å². The quantitative estimate of drug-likeness (QED) is 0.816. The SMILES string of the molecule is CC1CCN(C(=O)CCC[C@H]2NCC3CC2CN(Cc2ccccc2)C3)CC1. The maximum absolute atomic E-state index is 12.5. The molecule has 0 radical (unpaired) electrons. The molecule has 1 aromatic carbocycles. The summed E-state index contributed by atoms with van der Waals surface area (Å²) in [5, 5.41) is 3.81. The molecule has 0 spiro atoms. The number of hydrogen-bond acceptors (Lipinski definition) is 3. The lowest BCUT2D eigenvalue weighted by molar-refractivity contribution is -0.132. The third-order valence-corrected chi connectivity index (χ3v) is 7.17. The first-order valence-electron chi connectivity index (χ1n) is 11.4. The Hall–Kier alpha value is -1.39. The smallest absolute Gasteiger partial charge is 0.222 e. The molecule has 0 aliphatic carbocycles. The van der Waals surface area contributed by atoms with E-state index in [1.165, 1.54) is 37.9 Å². The molecule has 3 heterocycles. The molecule has 28 heavy (non-hydrogen) atoms. The average molecular weight is 384 g/mol. The van der Waals surface area contributed by atoms with Crippen LogP contribution in [0.2, 0.25) is 0 Å². The van der Waals surface area contributed by atoms with E-state index < -0.39 is 0 Å². The molecule has 3 atom stereocenters. The van der Waals surface area contributed by atoms with Crippen LogP contribution in [0.15, 0.2) is 30.3 Å². The van der Waals surface area contributed by atoms with Gasteiger partial charge >= 0.3 is 0 Å². The lowest BCUT2D eigenvalue weighted by Gasteiger charge is -2.46. The number of carbonyl (C=O) groups excluding carboxylic acids is 1. The second-order valence-corrected chi connectivity index (χ2v) is 9.51. The molecular formula is C24H37N3O. The van der Waals surface area contributed by atoms with E-state index in [1.54, 1.807) is 0 Å². The highest BCUT2D eigenvalue weighted by atomic mass is 16.2. The van der Waals surface area contributed by atoms with Gasteiger partial charge in [-0.15, -0.1) is 0 Å². The zero-order chi connectivity index (χ0) is 19.3. The predicted molar refractivity (Wildman–Crippen MR) is 114 cm³/mol. The molecule has 4 rings (SSSR count). The highest BCUT2D eigenvalue weighted by Gasteiger charge is 2.36. The van der Waals surface area contributed by atoms with Crippen LogP contribution in [0.25, 0.3) is 0 Å². The van der Waals surface area contributed by atoms with E-state index in [9.17, 15) is 4.79 Å². The van der Waals surface area contributed by atoms with E-state index >= 15 is 0 Å². The highest BCUT2D eigenvalue weighted by molar-refractivity contribution is 5.76. The zero-order valence-corrected chi connectivity index (χ0v) is 17.5. The Morgan fingerprint density at radius 3 is 2.71 bits per heavy atom. The van der Waals surface area contributed by atoms with Gasteiger partial charge in [-0.3, -0.25) is 9.69 Å². The van der Waals surface area contributed by atoms with E-state index in [0.717, 1.165) is 63.2 Å². The van der Waals surface area contributed by atoms with E-state index in [1.807, 2.05) is 0 Å². The minimum absolute atomic E-state index is 0.384. The first-order valence-corrected chi connectivity index (χ1v) is 11.4. The minimum Gasteiger partial charge on any atom is -0.343 e. The van der Waals surface area contributed by atoms with Crippen LogP contribution in [0, 0.1) is 17.8 Å². The Kier molecular flexibility index (Phi) is 6.69. The number of likely N-dealkylation sites (tertiary alicyclic amines) is 2. The molecule has 4 heteroatoms. The molecule has 3 aliphatic heterocycles. The van der Waals surface area contributed by atoms with Gasteiger partial charge in [0.25, 0.3) is 0 Å². The second-order valence-electron chi connectivity index (χ2n) is 9.51. The van der Waals surface area contributed by atoms with Crippen LogP contribution < -0.4 is 5.32 Å². The normalized spacial score (nSPS) is 29.0. The number of piperidine rings is 3. The largest absolute Gasteiger partial charge is 0.343 e. The molecule has 1 N–H and O–H groups in total. The van der Waals surface area contributed by atoms with Crippen LogP contribution in [0.3, 0.4) is 0 Å². The van der Waals surface area contributed by atoms with Gasteiger partial charge in [-0.1, -0.05) is 37.3 Å². The van der Waals surface area contributed by atoms with Gasteiger partial charge in [0.1, 0.15) is 0 Å². The lowest BCUT2D eigenvalue weighted by Crippen LogP contribution is -2.55. The Bertz CT molecular complexity index is 626. The van der Waals surface area contributed by atoms with Crippen molar-refractivity contribution in [1.82, 2.24) is 15.1 Å². The summed E-state index contributed by atoms with van der Waals surface area (Å²) in [7, 11) is 0. The summed E-state index contributed by atoms with van der Waals surface area (Å²) in [4.78, 5) is 17.3. The van der Waals surface area contributed by atoms with Crippen molar-refractivity contribution in [2.24, 2.45) is 17.8 Å². The number of amides is 1. The van der Waals surface area contributed by atoms with Gasteiger partial charge in [0, 0.05) is 45.2 Å². The first kappa shape index (κ1) is 19.9. The Balaban J connectivity index is 1.22. The summed E-state index contributed by atoms with van der Waals surface area (Å²) in [5.74, 6) is 2.70. The molecule has 0 aromatic heterocycles. The average Bonchev–Trinajstić information content (AvgIpc) is 2.71. The van der Waals surface area contributed by atoms with Crippen molar-refractivity contribution < 1.29 is 4.79 Å². The van der Waals surface area contributed by atoms with E-state index in [4.69, 9.17) is 0 Å². The maximum atomic E-state index is 12.5. The summed E-state index contributed by atoms with van der Waals surface area (Å²) in [6.07, 6.45) is 6.62. The molecule has 1 amide bonds. The zero-order valence-electron chi connectivity index (χ0n) is 17.5. The van der Waals surface area contributed by atoms with E-state index in [-0.39, 0.29) is 0 Å². The highest BCUT2D eigenvalue weighted by Crippen LogP contribution is 2.31. The van der Waals surface area contributed by atoms with Gasteiger partial charge in [0.15, 0.2) is 0 Å². The topological polar surface area (TPSA) is 35.6 Å². The molecule has 2 bridgehead atoms. The molecule has 2 unspecified atom stereocenters. The van der Waals surface area contributed by atoms with Crippen molar-refractivity contribution in [2.45, 2.75) is 58.0 Å². The van der Waals surface area contributed by atoms with Gasteiger partial charge in [-0.2, -0.15) is 0 Å². The molecule has 0 saturated carbocycles. The number of nitrogens with one attached hydrogen (secondary N) is 1. The van der Waals surface area contributed by atoms with Gasteiger partial charge < -0.3 is 10.2 Å². The number of rotatable bonds is 6. The maximum Gasteiger partial charge on any atom is 0.222 e. The predicted octanol–water partition coefficient (Wildman–Crippen LogP) is 3.53. The van der Waals surface area contributed by atoms with Gasteiger partial charge in [-0.05, 0) is 62.0 Å². The Morgan fingerprint density at radius 1 is 1.14 bits per heavy atom. The van der Waals surface area contributed by atoms with Crippen LogP contribution in [-0.4, -0.2) is 54.5 Å². The van der Waals surface area contributed by atoms with Crippen LogP contribution in [0.5, 0.6) is 0 Å². The van der Waals surface area contributed by atoms with Crippen molar-refractivity contribution in [1.29, 1.82) is 0 Å². The number of carbonyl (C=O) groups is 1. The van der Waals surface area contributed by atoms with E-state index in [0.29, 0.717) is 11.9 Å².